The smallest absolute Gasteiger partial charge is 0.258 e. The first-order chi connectivity index (χ1) is 11.1. The van der Waals surface area contributed by atoms with Gasteiger partial charge in [0, 0.05) is 18.7 Å². The molecule has 8 nitrogen and oxygen atoms in total. The van der Waals surface area contributed by atoms with E-state index in [0.29, 0.717) is 17.1 Å². The maximum Gasteiger partial charge on any atom is 0.258 e. The summed E-state index contributed by atoms with van der Waals surface area (Å²) in [6.45, 7) is 5.77. The first-order valence-corrected chi connectivity index (χ1v) is 9.23. The zero-order chi connectivity index (χ0) is 18.1. The maximum atomic E-state index is 12.3. The van der Waals surface area contributed by atoms with E-state index >= 15 is 0 Å². The van der Waals surface area contributed by atoms with E-state index in [-0.39, 0.29) is 17.9 Å². The van der Waals surface area contributed by atoms with Crippen LogP contribution in [0.2, 0.25) is 0 Å². The van der Waals surface area contributed by atoms with Crippen LogP contribution < -0.4 is 9.62 Å². The second kappa shape index (κ2) is 6.60. The summed E-state index contributed by atoms with van der Waals surface area (Å²) < 4.78 is 25.9. The Bertz CT molecular complexity index is 840. The van der Waals surface area contributed by atoms with E-state index in [0.717, 1.165) is 10.6 Å². The standard InChI is InChI=1S/C15H21N5O3S/c1-10(2)20-11(3)16-15(18-20)17-14(21)12-6-8-13(9-7-12)19(4)24(5,22)23/h6-10H,1-5H3,(H,17,18,21). The van der Waals surface area contributed by atoms with Gasteiger partial charge in [-0.2, -0.15) is 4.98 Å². The Kier molecular flexibility index (Phi) is 4.93. The first kappa shape index (κ1) is 17.9. The first-order valence-electron chi connectivity index (χ1n) is 7.38. The number of rotatable bonds is 5. The maximum absolute atomic E-state index is 12.3. The average molecular weight is 351 g/mol. The van der Waals surface area contributed by atoms with Gasteiger partial charge in [-0.1, -0.05) is 0 Å². The molecule has 2 rings (SSSR count). The lowest BCUT2D eigenvalue weighted by atomic mass is 10.2. The largest absolute Gasteiger partial charge is 0.289 e. The van der Waals surface area contributed by atoms with Crippen LogP contribution in [0.25, 0.3) is 0 Å². The van der Waals surface area contributed by atoms with Crippen LogP contribution in [0.15, 0.2) is 24.3 Å². The van der Waals surface area contributed by atoms with Crippen molar-refractivity contribution in [2.45, 2.75) is 26.8 Å². The molecule has 0 saturated carbocycles. The van der Waals surface area contributed by atoms with Gasteiger partial charge in [-0.3, -0.25) is 14.4 Å². The molecule has 24 heavy (non-hydrogen) atoms. The summed E-state index contributed by atoms with van der Waals surface area (Å²) in [6.07, 6.45) is 1.12. The average Bonchev–Trinajstić information content (AvgIpc) is 2.86. The topological polar surface area (TPSA) is 97.2 Å². The number of aryl methyl sites for hydroxylation is 1. The van der Waals surface area contributed by atoms with Gasteiger partial charge in [0.1, 0.15) is 5.82 Å². The fourth-order valence-corrected chi connectivity index (χ4v) is 2.64. The number of amides is 1. The number of nitrogens with zero attached hydrogens (tertiary/aromatic N) is 4. The number of anilines is 2. The molecule has 0 bridgehead atoms. The predicted molar refractivity (Wildman–Crippen MR) is 92.8 cm³/mol. The molecule has 1 heterocycles. The number of hydrogen-bond acceptors (Lipinski definition) is 5. The lowest BCUT2D eigenvalue weighted by Gasteiger charge is -2.16. The van der Waals surface area contributed by atoms with Gasteiger partial charge < -0.3 is 0 Å². The minimum atomic E-state index is -3.34. The van der Waals surface area contributed by atoms with E-state index in [4.69, 9.17) is 0 Å². The molecular formula is C15H21N5O3S. The van der Waals surface area contributed by atoms with Gasteiger partial charge in [0.25, 0.3) is 5.91 Å². The summed E-state index contributed by atoms with van der Waals surface area (Å²) in [7, 11) is -1.88. The highest BCUT2D eigenvalue weighted by atomic mass is 32.2. The molecule has 0 unspecified atom stereocenters. The number of hydrogen-bond donors (Lipinski definition) is 1. The number of sulfonamides is 1. The molecule has 0 aliphatic rings. The Morgan fingerprint density at radius 3 is 2.29 bits per heavy atom. The van der Waals surface area contributed by atoms with Crippen molar-refractivity contribution in [3.63, 3.8) is 0 Å². The van der Waals surface area contributed by atoms with Gasteiger partial charge in [-0.05, 0) is 45.0 Å². The van der Waals surface area contributed by atoms with Crippen molar-refractivity contribution in [1.82, 2.24) is 14.8 Å². The summed E-state index contributed by atoms with van der Waals surface area (Å²) in [5.74, 6) is 0.596. The summed E-state index contributed by atoms with van der Waals surface area (Å²) in [6, 6.07) is 6.40. The van der Waals surface area contributed by atoms with E-state index in [1.807, 2.05) is 20.8 Å². The minimum absolute atomic E-state index is 0.147. The van der Waals surface area contributed by atoms with Crippen LogP contribution in [-0.4, -0.2) is 42.4 Å². The van der Waals surface area contributed by atoms with Crippen molar-refractivity contribution in [3.05, 3.63) is 35.7 Å². The molecule has 9 heteroatoms. The number of carbonyl (C=O) groups excluding carboxylic acids is 1. The second-order valence-corrected chi connectivity index (χ2v) is 7.77. The second-order valence-electron chi connectivity index (χ2n) is 5.75. The quantitative estimate of drug-likeness (QED) is 0.886. The SMILES string of the molecule is Cc1nc(NC(=O)c2ccc(N(C)S(C)(=O)=O)cc2)nn1C(C)C. The third-order valence-electron chi connectivity index (χ3n) is 3.51. The fraction of sp³-hybridized carbons (Fsp3) is 0.400. The van der Waals surface area contributed by atoms with Gasteiger partial charge in [-0.25, -0.2) is 13.1 Å². The zero-order valence-corrected chi connectivity index (χ0v) is 15.1. The van der Waals surface area contributed by atoms with Crippen LogP contribution in [0.5, 0.6) is 0 Å². The highest BCUT2D eigenvalue weighted by Gasteiger charge is 2.15. The summed E-state index contributed by atoms with van der Waals surface area (Å²) in [4.78, 5) is 16.5. The predicted octanol–water partition coefficient (Wildman–Crippen LogP) is 1.82. The van der Waals surface area contributed by atoms with Gasteiger partial charge in [0.05, 0.1) is 11.9 Å². The zero-order valence-electron chi connectivity index (χ0n) is 14.3. The molecule has 0 saturated heterocycles. The van der Waals surface area contributed by atoms with Crippen molar-refractivity contribution in [1.29, 1.82) is 0 Å². The van der Waals surface area contributed by atoms with Crippen molar-refractivity contribution < 1.29 is 13.2 Å². The van der Waals surface area contributed by atoms with E-state index in [1.54, 1.807) is 28.9 Å². The third-order valence-corrected chi connectivity index (χ3v) is 4.71. The highest BCUT2D eigenvalue weighted by molar-refractivity contribution is 7.92. The molecule has 1 aromatic heterocycles. The normalized spacial score (nSPS) is 11.6. The number of aromatic nitrogens is 3. The highest BCUT2D eigenvalue weighted by Crippen LogP contribution is 2.17. The summed E-state index contributed by atoms with van der Waals surface area (Å²) in [5.41, 5.74) is 0.867. The molecule has 0 radical (unpaired) electrons. The van der Waals surface area contributed by atoms with Crippen LogP contribution in [0.4, 0.5) is 11.6 Å². The number of nitrogens with one attached hydrogen (secondary N) is 1. The van der Waals surface area contributed by atoms with E-state index < -0.39 is 10.0 Å². The van der Waals surface area contributed by atoms with Crippen LogP contribution in [0, 0.1) is 6.92 Å². The van der Waals surface area contributed by atoms with Crippen molar-refractivity contribution >= 4 is 27.6 Å². The minimum Gasteiger partial charge on any atom is -0.289 e. The van der Waals surface area contributed by atoms with Gasteiger partial charge >= 0.3 is 0 Å². The van der Waals surface area contributed by atoms with Crippen molar-refractivity contribution in [2.75, 3.05) is 22.9 Å². The Balaban J connectivity index is 2.15. The van der Waals surface area contributed by atoms with Gasteiger partial charge in [0.2, 0.25) is 16.0 Å². The van der Waals surface area contributed by atoms with Crippen molar-refractivity contribution in [2.24, 2.45) is 0 Å². The molecular weight excluding hydrogens is 330 g/mol. The molecule has 0 aliphatic heterocycles. The molecule has 0 atom stereocenters. The fourth-order valence-electron chi connectivity index (χ4n) is 2.13. The molecule has 1 aromatic carbocycles. The molecule has 130 valence electrons. The molecule has 1 N–H and O–H groups in total. The Labute approximate surface area is 141 Å². The molecule has 0 spiro atoms. The van der Waals surface area contributed by atoms with Crippen molar-refractivity contribution in [3.8, 4) is 0 Å². The van der Waals surface area contributed by atoms with E-state index in [9.17, 15) is 13.2 Å². The lowest BCUT2D eigenvalue weighted by molar-refractivity contribution is 0.102. The monoisotopic (exact) mass is 351 g/mol. The molecule has 1 amide bonds. The Morgan fingerprint density at radius 1 is 1.25 bits per heavy atom. The molecule has 2 aromatic rings. The Morgan fingerprint density at radius 2 is 1.83 bits per heavy atom. The Hall–Kier alpha value is -2.42. The summed E-state index contributed by atoms with van der Waals surface area (Å²) in [5, 5.41) is 6.88. The number of benzene rings is 1. The summed E-state index contributed by atoms with van der Waals surface area (Å²) >= 11 is 0. The van der Waals surface area contributed by atoms with Crippen LogP contribution in [-0.2, 0) is 10.0 Å². The molecule has 0 fully saturated rings. The molecule has 0 aliphatic carbocycles. The lowest BCUT2D eigenvalue weighted by Crippen LogP contribution is -2.24. The van der Waals surface area contributed by atoms with Gasteiger partial charge in [0.15, 0.2) is 0 Å². The van der Waals surface area contributed by atoms with Gasteiger partial charge in [-0.15, -0.1) is 5.10 Å². The third kappa shape index (κ3) is 3.91. The van der Waals surface area contributed by atoms with E-state index in [1.165, 1.54) is 7.05 Å². The van der Waals surface area contributed by atoms with Crippen LogP contribution in [0.3, 0.4) is 0 Å². The van der Waals surface area contributed by atoms with Crippen LogP contribution >= 0.6 is 0 Å². The number of carbonyl (C=O) groups is 1. The van der Waals surface area contributed by atoms with E-state index in [2.05, 4.69) is 15.4 Å². The van der Waals surface area contributed by atoms with Crippen LogP contribution in [0.1, 0.15) is 36.1 Å².